The lowest BCUT2D eigenvalue weighted by Gasteiger charge is -2.32. The average Bonchev–Trinajstić information content (AvgIpc) is 2.91. The summed E-state index contributed by atoms with van der Waals surface area (Å²) in [5.74, 6) is -1.37. The molecule has 40 heavy (non-hydrogen) atoms. The van der Waals surface area contributed by atoms with E-state index in [2.05, 4.69) is 5.32 Å². The van der Waals surface area contributed by atoms with Gasteiger partial charge in [-0.3, -0.25) is 13.9 Å². The van der Waals surface area contributed by atoms with Crippen molar-refractivity contribution in [2.24, 2.45) is 5.92 Å². The molecule has 0 aromatic heterocycles. The van der Waals surface area contributed by atoms with Gasteiger partial charge < -0.3 is 10.2 Å². The van der Waals surface area contributed by atoms with Gasteiger partial charge in [0.25, 0.3) is 10.0 Å². The van der Waals surface area contributed by atoms with Gasteiger partial charge in [0.05, 0.1) is 10.6 Å². The van der Waals surface area contributed by atoms with E-state index in [9.17, 15) is 22.4 Å². The minimum atomic E-state index is -4.18. The van der Waals surface area contributed by atoms with Crippen molar-refractivity contribution in [1.29, 1.82) is 0 Å². The van der Waals surface area contributed by atoms with Gasteiger partial charge in [0.2, 0.25) is 11.8 Å². The standard InChI is InChI=1S/C31H38FN3O4S/c1-21(2)18-33-31(37)25(6)34(19-26-11-7-8-12-28(26)32)30(36)20-35(29-13-9-10-23(4)24(29)5)40(38,39)27-16-14-22(3)15-17-27/h7-17,21,25H,18-20H2,1-6H3,(H,33,37). The first-order chi connectivity index (χ1) is 18.8. The number of amides is 2. The first-order valence-corrected chi connectivity index (χ1v) is 14.7. The molecule has 0 bridgehead atoms. The van der Waals surface area contributed by atoms with E-state index >= 15 is 0 Å². The third-order valence-corrected chi connectivity index (χ3v) is 8.66. The highest BCUT2D eigenvalue weighted by Gasteiger charge is 2.33. The molecule has 2 amide bonds. The van der Waals surface area contributed by atoms with E-state index in [4.69, 9.17) is 0 Å². The number of aryl methyl sites for hydroxylation is 2. The molecular formula is C31H38FN3O4S. The molecule has 0 aliphatic heterocycles. The molecular weight excluding hydrogens is 529 g/mol. The maximum Gasteiger partial charge on any atom is 0.264 e. The summed E-state index contributed by atoms with van der Waals surface area (Å²) in [6.07, 6.45) is 0. The number of anilines is 1. The second-order valence-electron chi connectivity index (χ2n) is 10.5. The predicted molar refractivity (Wildman–Crippen MR) is 156 cm³/mol. The fraction of sp³-hybridized carbons (Fsp3) is 0.355. The van der Waals surface area contributed by atoms with Crippen LogP contribution < -0.4 is 9.62 Å². The molecule has 0 saturated carbocycles. The lowest BCUT2D eigenvalue weighted by molar-refractivity contribution is -0.139. The average molecular weight is 568 g/mol. The van der Waals surface area contributed by atoms with Crippen molar-refractivity contribution >= 4 is 27.5 Å². The number of sulfonamides is 1. The molecule has 3 aromatic rings. The van der Waals surface area contributed by atoms with Crippen LogP contribution in [-0.4, -0.2) is 44.3 Å². The summed E-state index contributed by atoms with van der Waals surface area (Å²) < 4.78 is 43.7. The monoisotopic (exact) mass is 567 g/mol. The summed E-state index contributed by atoms with van der Waals surface area (Å²) in [6, 6.07) is 16.7. The van der Waals surface area contributed by atoms with E-state index < -0.39 is 40.2 Å². The summed E-state index contributed by atoms with van der Waals surface area (Å²) in [7, 11) is -4.18. The highest BCUT2D eigenvalue weighted by Crippen LogP contribution is 2.29. The van der Waals surface area contributed by atoms with Crippen molar-refractivity contribution in [1.82, 2.24) is 10.2 Å². The van der Waals surface area contributed by atoms with Gasteiger partial charge in [-0.15, -0.1) is 0 Å². The topological polar surface area (TPSA) is 86.8 Å². The summed E-state index contributed by atoms with van der Waals surface area (Å²) >= 11 is 0. The molecule has 3 rings (SSSR count). The third-order valence-electron chi connectivity index (χ3n) is 6.88. The van der Waals surface area contributed by atoms with E-state index in [-0.39, 0.29) is 22.9 Å². The zero-order chi connectivity index (χ0) is 29.6. The number of carbonyl (C=O) groups excluding carboxylic acids is 2. The van der Waals surface area contributed by atoms with Crippen LogP contribution in [0, 0.1) is 32.5 Å². The van der Waals surface area contributed by atoms with Crippen molar-refractivity contribution in [2.75, 3.05) is 17.4 Å². The summed E-state index contributed by atoms with van der Waals surface area (Å²) in [4.78, 5) is 28.3. The summed E-state index contributed by atoms with van der Waals surface area (Å²) in [5.41, 5.74) is 3.04. The van der Waals surface area contributed by atoms with Crippen LogP contribution in [0.1, 0.15) is 43.0 Å². The van der Waals surface area contributed by atoms with Crippen LogP contribution >= 0.6 is 0 Å². The number of hydrogen-bond donors (Lipinski definition) is 1. The maximum absolute atomic E-state index is 14.7. The highest BCUT2D eigenvalue weighted by atomic mass is 32.2. The lowest BCUT2D eigenvalue weighted by atomic mass is 10.1. The van der Waals surface area contributed by atoms with Crippen LogP contribution in [0.5, 0.6) is 0 Å². The molecule has 0 aliphatic rings. The number of benzene rings is 3. The zero-order valence-corrected chi connectivity index (χ0v) is 24.8. The molecule has 0 aliphatic carbocycles. The van der Waals surface area contributed by atoms with Gasteiger partial charge >= 0.3 is 0 Å². The molecule has 1 atom stereocenters. The molecule has 9 heteroatoms. The van der Waals surface area contributed by atoms with Crippen LogP contribution in [0.3, 0.4) is 0 Å². The van der Waals surface area contributed by atoms with Crippen LogP contribution in [-0.2, 0) is 26.2 Å². The maximum atomic E-state index is 14.7. The largest absolute Gasteiger partial charge is 0.354 e. The molecule has 1 N–H and O–H groups in total. The van der Waals surface area contributed by atoms with Gasteiger partial charge in [-0.25, -0.2) is 12.8 Å². The first-order valence-electron chi connectivity index (χ1n) is 13.3. The Morgan fingerprint density at radius 2 is 1.55 bits per heavy atom. The smallest absolute Gasteiger partial charge is 0.264 e. The van der Waals surface area contributed by atoms with Gasteiger partial charge in [-0.1, -0.05) is 61.9 Å². The fourth-order valence-corrected chi connectivity index (χ4v) is 5.67. The Hall–Kier alpha value is -3.72. The van der Waals surface area contributed by atoms with Crippen LogP contribution in [0.25, 0.3) is 0 Å². The van der Waals surface area contributed by atoms with Crippen molar-refractivity contribution in [2.45, 2.75) is 59.0 Å². The second-order valence-corrected chi connectivity index (χ2v) is 12.3. The van der Waals surface area contributed by atoms with E-state index in [1.54, 1.807) is 56.3 Å². The zero-order valence-electron chi connectivity index (χ0n) is 23.9. The SMILES string of the molecule is Cc1ccc(S(=O)(=O)N(CC(=O)N(Cc2ccccc2F)C(C)C(=O)NCC(C)C)c2cccc(C)c2C)cc1. The van der Waals surface area contributed by atoms with Crippen molar-refractivity contribution in [3.63, 3.8) is 0 Å². The normalized spacial score (nSPS) is 12.2. The van der Waals surface area contributed by atoms with Crippen LogP contribution in [0.15, 0.2) is 71.6 Å². The molecule has 0 radical (unpaired) electrons. The minimum absolute atomic E-state index is 0.0372. The number of nitrogens with one attached hydrogen (secondary N) is 1. The molecule has 0 saturated heterocycles. The van der Waals surface area contributed by atoms with E-state index in [0.717, 1.165) is 15.4 Å². The molecule has 1 unspecified atom stereocenters. The van der Waals surface area contributed by atoms with Crippen molar-refractivity contribution in [3.8, 4) is 0 Å². The van der Waals surface area contributed by atoms with E-state index in [1.165, 1.54) is 23.1 Å². The van der Waals surface area contributed by atoms with Crippen molar-refractivity contribution < 1.29 is 22.4 Å². The highest BCUT2D eigenvalue weighted by molar-refractivity contribution is 7.92. The first kappa shape index (κ1) is 30.8. The van der Waals surface area contributed by atoms with Gasteiger partial charge in [0.1, 0.15) is 18.4 Å². The number of carbonyl (C=O) groups is 2. The number of hydrogen-bond acceptors (Lipinski definition) is 4. The van der Waals surface area contributed by atoms with Gasteiger partial charge in [-0.2, -0.15) is 0 Å². The molecule has 3 aromatic carbocycles. The molecule has 0 heterocycles. The lowest BCUT2D eigenvalue weighted by Crippen LogP contribution is -2.51. The Morgan fingerprint density at radius 3 is 2.17 bits per heavy atom. The molecule has 0 fully saturated rings. The van der Waals surface area contributed by atoms with Gasteiger partial charge in [-0.05, 0) is 69.0 Å². The number of nitrogens with zero attached hydrogens (tertiary/aromatic N) is 2. The fourth-order valence-electron chi connectivity index (χ4n) is 4.20. The Morgan fingerprint density at radius 1 is 0.900 bits per heavy atom. The predicted octanol–water partition coefficient (Wildman–Crippen LogP) is 5.14. The Labute approximate surface area is 237 Å². The quantitative estimate of drug-likeness (QED) is 0.348. The number of halogens is 1. The molecule has 0 spiro atoms. The van der Waals surface area contributed by atoms with Gasteiger partial charge in [0, 0.05) is 18.7 Å². The minimum Gasteiger partial charge on any atom is -0.354 e. The second kappa shape index (κ2) is 13.1. The Bertz CT molecular complexity index is 1460. The third kappa shape index (κ3) is 7.27. The summed E-state index contributed by atoms with van der Waals surface area (Å²) in [6.45, 7) is 10.6. The Balaban J connectivity index is 2.07. The molecule has 7 nitrogen and oxygen atoms in total. The van der Waals surface area contributed by atoms with Crippen LogP contribution in [0.4, 0.5) is 10.1 Å². The Kier molecular flexibility index (Phi) is 10.1. The van der Waals surface area contributed by atoms with Crippen LogP contribution in [0.2, 0.25) is 0 Å². The van der Waals surface area contributed by atoms with E-state index in [0.29, 0.717) is 17.8 Å². The number of rotatable bonds is 11. The van der Waals surface area contributed by atoms with Gasteiger partial charge in [0.15, 0.2) is 0 Å². The summed E-state index contributed by atoms with van der Waals surface area (Å²) in [5, 5.41) is 2.82. The van der Waals surface area contributed by atoms with E-state index in [1.807, 2.05) is 33.8 Å². The molecule has 214 valence electrons. The van der Waals surface area contributed by atoms with Crippen molar-refractivity contribution in [3.05, 3.63) is 94.8 Å².